The molecule has 0 amide bonds. The Bertz CT molecular complexity index is 671. The van der Waals surface area contributed by atoms with Crippen LogP contribution in [0.2, 0.25) is 0 Å². The topological polar surface area (TPSA) is 29.5 Å². The Kier molecular flexibility index (Phi) is 6.84. The van der Waals surface area contributed by atoms with Gasteiger partial charge in [-0.3, -0.25) is 9.69 Å². The van der Waals surface area contributed by atoms with Gasteiger partial charge in [0, 0.05) is 12.6 Å². The number of likely N-dealkylation sites (tertiary alicyclic amines) is 1. The van der Waals surface area contributed by atoms with Crippen molar-refractivity contribution >= 4 is 5.97 Å². The predicted octanol–water partition coefficient (Wildman–Crippen LogP) is 4.46. The van der Waals surface area contributed by atoms with E-state index in [1.807, 2.05) is 31.2 Å². The minimum atomic E-state index is -0.110. The van der Waals surface area contributed by atoms with Crippen LogP contribution >= 0.6 is 0 Å². The molecule has 0 radical (unpaired) electrons. The number of carbonyl (C=O) groups excluding carboxylic acids is 1. The van der Waals surface area contributed by atoms with Crippen LogP contribution < -0.4 is 0 Å². The number of nitrogens with zero attached hydrogens (tertiary/aromatic N) is 1. The Morgan fingerprint density at radius 2 is 1.69 bits per heavy atom. The summed E-state index contributed by atoms with van der Waals surface area (Å²) in [6.07, 6.45) is 4.18. The van der Waals surface area contributed by atoms with Gasteiger partial charge in [0.15, 0.2) is 0 Å². The van der Waals surface area contributed by atoms with Crippen LogP contribution in [0.4, 0.5) is 0 Å². The molecule has 3 nitrogen and oxygen atoms in total. The molecule has 138 valence electrons. The highest BCUT2D eigenvalue weighted by Gasteiger charge is 2.35. The SMILES string of the molecule is CCOC(=O)[C@H](Cc1ccccc1)[C@H]1CCCCN1Cc1ccccc1. The molecule has 26 heavy (non-hydrogen) atoms. The molecule has 0 saturated carbocycles. The lowest BCUT2D eigenvalue weighted by Crippen LogP contribution is -2.47. The molecule has 1 aliphatic rings. The van der Waals surface area contributed by atoms with Gasteiger partial charge in [-0.2, -0.15) is 0 Å². The number of ether oxygens (including phenoxy) is 1. The zero-order valence-electron chi connectivity index (χ0n) is 15.6. The number of hydrogen-bond acceptors (Lipinski definition) is 3. The first-order valence-electron chi connectivity index (χ1n) is 9.76. The third-order valence-electron chi connectivity index (χ3n) is 5.24. The molecule has 0 aliphatic carbocycles. The summed E-state index contributed by atoms with van der Waals surface area (Å²) in [6, 6.07) is 21.1. The van der Waals surface area contributed by atoms with Crippen molar-refractivity contribution in [1.82, 2.24) is 4.90 Å². The minimum absolute atomic E-state index is 0.0543. The van der Waals surface area contributed by atoms with Gasteiger partial charge in [0.25, 0.3) is 0 Å². The molecular weight excluding hydrogens is 322 g/mol. The minimum Gasteiger partial charge on any atom is -0.466 e. The van der Waals surface area contributed by atoms with Gasteiger partial charge in [-0.15, -0.1) is 0 Å². The van der Waals surface area contributed by atoms with Crippen LogP contribution in [0.3, 0.4) is 0 Å². The Hall–Kier alpha value is -2.13. The highest BCUT2D eigenvalue weighted by atomic mass is 16.5. The first-order valence-corrected chi connectivity index (χ1v) is 9.76. The van der Waals surface area contributed by atoms with Crippen molar-refractivity contribution in [2.45, 2.75) is 45.2 Å². The van der Waals surface area contributed by atoms with E-state index in [1.54, 1.807) is 0 Å². The van der Waals surface area contributed by atoms with Crippen LogP contribution in [0.1, 0.15) is 37.3 Å². The Morgan fingerprint density at radius 3 is 2.35 bits per heavy atom. The summed E-state index contributed by atoms with van der Waals surface area (Å²) in [5.74, 6) is -0.164. The van der Waals surface area contributed by atoms with E-state index in [1.165, 1.54) is 24.0 Å². The lowest BCUT2D eigenvalue weighted by Gasteiger charge is -2.39. The molecule has 0 aromatic heterocycles. The second-order valence-corrected chi connectivity index (χ2v) is 7.07. The molecule has 1 aliphatic heterocycles. The Labute approximate surface area is 157 Å². The molecule has 1 saturated heterocycles. The molecule has 1 fully saturated rings. The smallest absolute Gasteiger partial charge is 0.310 e. The number of piperidine rings is 1. The maximum atomic E-state index is 12.8. The maximum absolute atomic E-state index is 12.8. The monoisotopic (exact) mass is 351 g/mol. The number of esters is 1. The fourth-order valence-corrected chi connectivity index (χ4v) is 3.98. The summed E-state index contributed by atoms with van der Waals surface area (Å²) < 4.78 is 5.46. The number of carbonyl (C=O) groups is 1. The third-order valence-corrected chi connectivity index (χ3v) is 5.24. The Morgan fingerprint density at radius 1 is 1.04 bits per heavy atom. The van der Waals surface area contributed by atoms with Crippen molar-refractivity contribution in [3.8, 4) is 0 Å². The molecule has 0 unspecified atom stereocenters. The van der Waals surface area contributed by atoms with E-state index < -0.39 is 0 Å². The summed E-state index contributed by atoms with van der Waals surface area (Å²) >= 11 is 0. The van der Waals surface area contributed by atoms with Gasteiger partial charge < -0.3 is 4.74 Å². The van der Waals surface area contributed by atoms with Gasteiger partial charge in [0.1, 0.15) is 0 Å². The zero-order valence-corrected chi connectivity index (χ0v) is 15.6. The summed E-state index contributed by atoms with van der Waals surface area (Å²) in [5, 5.41) is 0. The van der Waals surface area contributed by atoms with Gasteiger partial charge in [-0.05, 0) is 43.9 Å². The van der Waals surface area contributed by atoms with Gasteiger partial charge >= 0.3 is 5.97 Å². The fourth-order valence-electron chi connectivity index (χ4n) is 3.98. The maximum Gasteiger partial charge on any atom is 0.310 e. The number of hydrogen-bond donors (Lipinski definition) is 0. The first-order chi connectivity index (χ1) is 12.8. The van der Waals surface area contributed by atoms with Gasteiger partial charge in [0.2, 0.25) is 0 Å². The number of rotatable bonds is 7. The average Bonchev–Trinajstić information content (AvgIpc) is 2.68. The largest absolute Gasteiger partial charge is 0.466 e. The summed E-state index contributed by atoms with van der Waals surface area (Å²) in [5.41, 5.74) is 2.51. The molecule has 2 atom stereocenters. The molecule has 1 heterocycles. The number of benzene rings is 2. The standard InChI is InChI=1S/C23H29NO2/c1-2-26-23(25)21(17-19-11-5-3-6-12-19)22-15-9-10-16-24(22)18-20-13-7-4-8-14-20/h3-8,11-14,21-22H,2,9-10,15-18H2,1H3/t21-,22-/m1/s1. The van der Waals surface area contributed by atoms with E-state index in [4.69, 9.17) is 4.74 Å². The predicted molar refractivity (Wildman–Crippen MR) is 105 cm³/mol. The van der Waals surface area contributed by atoms with Gasteiger partial charge in [-0.1, -0.05) is 67.1 Å². The van der Waals surface area contributed by atoms with Crippen molar-refractivity contribution in [2.24, 2.45) is 5.92 Å². The van der Waals surface area contributed by atoms with Crippen LogP contribution in [0.25, 0.3) is 0 Å². The molecule has 2 aromatic rings. The zero-order chi connectivity index (χ0) is 18.2. The molecule has 2 aromatic carbocycles. The van der Waals surface area contributed by atoms with E-state index in [0.29, 0.717) is 6.61 Å². The van der Waals surface area contributed by atoms with Crippen molar-refractivity contribution in [3.63, 3.8) is 0 Å². The second-order valence-electron chi connectivity index (χ2n) is 7.07. The second kappa shape index (κ2) is 9.54. The van der Waals surface area contributed by atoms with E-state index in [0.717, 1.165) is 25.9 Å². The summed E-state index contributed by atoms with van der Waals surface area (Å²) in [6.45, 7) is 4.27. The highest BCUT2D eigenvalue weighted by molar-refractivity contribution is 5.73. The van der Waals surface area contributed by atoms with Crippen molar-refractivity contribution in [1.29, 1.82) is 0 Å². The lowest BCUT2D eigenvalue weighted by atomic mass is 9.85. The van der Waals surface area contributed by atoms with Crippen molar-refractivity contribution < 1.29 is 9.53 Å². The van der Waals surface area contributed by atoms with E-state index in [-0.39, 0.29) is 17.9 Å². The molecule has 3 heteroatoms. The van der Waals surface area contributed by atoms with Crippen LogP contribution in [-0.4, -0.2) is 30.1 Å². The summed E-state index contributed by atoms with van der Waals surface area (Å²) in [7, 11) is 0. The molecule has 0 bridgehead atoms. The van der Waals surface area contributed by atoms with Gasteiger partial charge in [0.05, 0.1) is 12.5 Å². The average molecular weight is 351 g/mol. The van der Waals surface area contributed by atoms with Crippen LogP contribution in [-0.2, 0) is 22.5 Å². The normalized spacial score (nSPS) is 19.0. The summed E-state index contributed by atoms with van der Waals surface area (Å²) in [4.78, 5) is 15.3. The van der Waals surface area contributed by atoms with Crippen molar-refractivity contribution in [3.05, 3.63) is 71.8 Å². The molecule has 3 rings (SSSR count). The van der Waals surface area contributed by atoms with E-state index >= 15 is 0 Å². The van der Waals surface area contributed by atoms with Crippen LogP contribution in [0.15, 0.2) is 60.7 Å². The highest BCUT2D eigenvalue weighted by Crippen LogP contribution is 2.28. The van der Waals surface area contributed by atoms with E-state index in [2.05, 4.69) is 41.3 Å². The first kappa shape index (κ1) is 18.7. The molecule has 0 N–H and O–H groups in total. The molecule has 0 spiro atoms. The Balaban J connectivity index is 1.80. The van der Waals surface area contributed by atoms with Crippen LogP contribution in [0, 0.1) is 5.92 Å². The van der Waals surface area contributed by atoms with Crippen molar-refractivity contribution in [2.75, 3.05) is 13.2 Å². The third kappa shape index (κ3) is 4.95. The quantitative estimate of drug-likeness (QED) is 0.690. The lowest BCUT2D eigenvalue weighted by molar-refractivity contribution is -0.151. The van der Waals surface area contributed by atoms with E-state index in [9.17, 15) is 4.79 Å². The molecular formula is C23H29NO2. The fraction of sp³-hybridized carbons (Fsp3) is 0.435. The van der Waals surface area contributed by atoms with Gasteiger partial charge in [-0.25, -0.2) is 0 Å². The van der Waals surface area contributed by atoms with Crippen LogP contribution in [0.5, 0.6) is 0 Å².